The Morgan fingerprint density at radius 3 is 2.48 bits per heavy atom. The van der Waals surface area contributed by atoms with Gasteiger partial charge >= 0.3 is 0 Å². The van der Waals surface area contributed by atoms with Gasteiger partial charge < -0.3 is 15.7 Å². The summed E-state index contributed by atoms with van der Waals surface area (Å²) in [5.41, 5.74) is 2.17. The van der Waals surface area contributed by atoms with E-state index in [9.17, 15) is 5.11 Å². The summed E-state index contributed by atoms with van der Waals surface area (Å²) in [7, 11) is 0. The van der Waals surface area contributed by atoms with Gasteiger partial charge in [-0.1, -0.05) is 51.1 Å². The highest BCUT2D eigenvalue weighted by molar-refractivity contribution is 14.0. The lowest BCUT2D eigenvalue weighted by molar-refractivity contribution is 0.265. The molecule has 1 unspecified atom stereocenters. The van der Waals surface area contributed by atoms with Gasteiger partial charge in [-0.3, -0.25) is 0 Å². The molecule has 7 heteroatoms. The Labute approximate surface area is 183 Å². The van der Waals surface area contributed by atoms with Crippen molar-refractivity contribution in [1.29, 1.82) is 0 Å². The molecule has 1 aromatic carbocycles. The molecule has 3 N–H and O–H groups in total. The Morgan fingerprint density at radius 2 is 1.93 bits per heavy atom. The molecule has 150 valence electrons. The van der Waals surface area contributed by atoms with Gasteiger partial charge in [0.15, 0.2) is 5.96 Å². The van der Waals surface area contributed by atoms with Crippen LogP contribution < -0.4 is 10.6 Å². The minimum atomic E-state index is 0. The number of aliphatic hydroxyl groups is 1. The van der Waals surface area contributed by atoms with Crippen LogP contribution in [0.1, 0.15) is 49.9 Å². The second-order valence-electron chi connectivity index (χ2n) is 7.26. The van der Waals surface area contributed by atoms with E-state index in [1.807, 2.05) is 37.3 Å². The van der Waals surface area contributed by atoms with E-state index in [-0.39, 0.29) is 41.9 Å². The van der Waals surface area contributed by atoms with E-state index in [2.05, 4.69) is 46.8 Å². The Kier molecular flexibility index (Phi) is 10.3. The van der Waals surface area contributed by atoms with E-state index < -0.39 is 0 Å². The first-order valence-electron chi connectivity index (χ1n) is 9.07. The van der Waals surface area contributed by atoms with Crippen molar-refractivity contribution in [2.24, 2.45) is 4.99 Å². The number of aliphatic hydroxyl groups excluding tert-OH is 1. The van der Waals surface area contributed by atoms with E-state index in [4.69, 9.17) is 0 Å². The zero-order valence-electron chi connectivity index (χ0n) is 16.5. The molecule has 0 fully saturated rings. The normalized spacial score (nSPS) is 13.0. The second kappa shape index (κ2) is 11.6. The van der Waals surface area contributed by atoms with Gasteiger partial charge in [-0.2, -0.15) is 0 Å². The number of thiazole rings is 1. The fraction of sp³-hybridized carbons (Fsp3) is 0.500. The van der Waals surface area contributed by atoms with Crippen LogP contribution in [0, 0.1) is 0 Å². The van der Waals surface area contributed by atoms with Crippen molar-refractivity contribution in [2.75, 3.05) is 19.7 Å². The zero-order chi connectivity index (χ0) is 19.0. The summed E-state index contributed by atoms with van der Waals surface area (Å²) in [6.45, 7) is 10.6. The molecule has 0 aliphatic rings. The molecule has 0 radical (unpaired) electrons. The van der Waals surface area contributed by atoms with Gasteiger partial charge in [0.2, 0.25) is 0 Å². The van der Waals surface area contributed by atoms with Gasteiger partial charge in [-0.05, 0) is 12.5 Å². The first-order chi connectivity index (χ1) is 12.4. The number of nitrogens with one attached hydrogen (secondary N) is 2. The van der Waals surface area contributed by atoms with Crippen LogP contribution in [0.15, 0.2) is 40.7 Å². The topological polar surface area (TPSA) is 69.5 Å². The third-order valence-electron chi connectivity index (χ3n) is 3.94. The molecule has 1 heterocycles. The summed E-state index contributed by atoms with van der Waals surface area (Å²) in [5, 5.41) is 19.5. The molecule has 0 spiro atoms. The maximum Gasteiger partial charge on any atom is 0.191 e. The summed E-state index contributed by atoms with van der Waals surface area (Å²) in [4.78, 5) is 9.32. The highest BCUT2D eigenvalue weighted by Gasteiger charge is 2.18. The number of halogens is 1. The summed E-state index contributed by atoms with van der Waals surface area (Å²) < 4.78 is 0. The summed E-state index contributed by atoms with van der Waals surface area (Å²) in [5.74, 6) is 0.777. The monoisotopic (exact) mass is 502 g/mol. The number of rotatable bonds is 7. The van der Waals surface area contributed by atoms with Gasteiger partial charge in [0, 0.05) is 29.8 Å². The maximum absolute atomic E-state index is 9.70. The van der Waals surface area contributed by atoms with Crippen LogP contribution in [-0.2, 0) is 12.0 Å². The lowest BCUT2D eigenvalue weighted by Crippen LogP contribution is -2.39. The van der Waals surface area contributed by atoms with Gasteiger partial charge in [0.05, 0.1) is 23.9 Å². The van der Waals surface area contributed by atoms with Gasteiger partial charge in [-0.15, -0.1) is 35.3 Å². The Bertz CT molecular complexity index is 698. The average molecular weight is 502 g/mol. The smallest absolute Gasteiger partial charge is 0.191 e. The van der Waals surface area contributed by atoms with E-state index >= 15 is 0 Å². The quantitative estimate of drug-likeness (QED) is 0.305. The fourth-order valence-electron chi connectivity index (χ4n) is 2.46. The average Bonchev–Trinajstić information content (AvgIpc) is 3.10. The first-order valence-corrected chi connectivity index (χ1v) is 9.95. The van der Waals surface area contributed by atoms with Crippen LogP contribution in [-0.4, -0.2) is 35.7 Å². The number of guanidine groups is 1. The molecule has 2 rings (SSSR count). The van der Waals surface area contributed by atoms with E-state index in [0.717, 1.165) is 28.8 Å². The largest absolute Gasteiger partial charge is 0.396 e. The van der Waals surface area contributed by atoms with Crippen LogP contribution in [0.25, 0.3) is 0 Å². The lowest BCUT2D eigenvalue weighted by Gasteiger charge is -2.18. The zero-order valence-corrected chi connectivity index (χ0v) is 19.7. The van der Waals surface area contributed by atoms with Crippen LogP contribution in [0.3, 0.4) is 0 Å². The fourth-order valence-corrected chi connectivity index (χ4v) is 3.36. The van der Waals surface area contributed by atoms with Crippen LogP contribution >= 0.6 is 35.3 Å². The Balaban J connectivity index is 0.00000364. The van der Waals surface area contributed by atoms with Crippen molar-refractivity contribution < 1.29 is 5.11 Å². The molecule has 27 heavy (non-hydrogen) atoms. The first kappa shape index (κ1) is 23.8. The van der Waals surface area contributed by atoms with Crippen molar-refractivity contribution in [3.63, 3.8) is 0 Å². The van der Waals surface area contributed by atoms with Gasteiger partial charge in [-0.25, -0.2) is 9.98 Å². The van der Waals surface area contributed by atoms with E-state index in [0.29, 0.717) is 13.1 Å². The number of hydrogen-bond acceptors (Lipinski definition) is 4. The van der Waals surface area contributed by atoms with Gasteiger partial charge in [0.25, 0.3) is 0 Å². The van der Waals surface area contributed by atoms with Gasteiger partial charge in [0.1, 0.15) is 0 Å². The third-order valence-corrected chi connectivity index (χ3v) is 5.26. The summed E-state index contributed by atoms with van der Waals surface area (Å²) in [6, 6.07) is 10.0. The van der Waals surface area contributed by atoms with Crippen molar-refractivity contribution >= 4 is 41.3 Å². The lowest BCUT2D eigenvalue weighted by atomic mass is 9.98. The molecule has 1 aromatic heterocycles. The highest BCUT2D eigenvalue weighted by atomic mass is 127. The van der Waals surface area contributed by atoms with Crippen LogP contribution in [0.4, 0.5) is 0 Å². The molecular formula is C20H31IN4OS. The molecule has 0 aliphatic heterocycles. The summed E-state index contributed by atoms with van der Waals surface area (Å²) >= 11 is 1.69. The molecule has 0 saturated heterocycles. The molecule has 0 aliphatic carbocycles. The predicted octanol–water partition coefficient (Wildman–Crippen LogP) is 3.89. The standard InChI is InChI=1S/C20H30N4OS.HI/c1-5-21-19(22-11-16(13-25)15-9-7-6-8-10-15)23-12-17-14-26-18(24-17)20(2,3)4;/h6-10,14,16,25H,5,11-13H2,1-4H3,(H2,21,22,23);1H. The van der Waals surface area contributed by atoms with Crippen LogP contribution in [0.2, 0.25) is 0 Å². The minimum Gasteiger partial charge on any atom is -0.396 e. The maximum atomic E-state index is 9.70. The van der Waals surface area contributed by atoms with Crippen LogP contribution in [0.5, 0.6) is 0 Å². The molecule has 2 aromatic rings. The summed E-state index contributed by atoms with van der Waals surface area (Å²) in [6.07, 6.45) is 0. The van der Waals surface area contributed by atoms with E-state index in [1.54, 1.807) is 11.3 Å². The number of aromatic nitrogens is 1. The number of benzene rings is 1. The van der Waals surface area contributed by atoms with Crippen molar-refractivity contribution in [3.8, 4) is 0 Å². The van der Waals surface area contributed by atoms with Crippen molar-refractivity contribution in [3.05, 3.63) is 52.0 Å². The molecular weight excluding hydrogens is 471 g/mol. The molecule has 0 bridgehead atoms. The second-order valence-corrected chi connectivity index (χ2v) is 8.12. The van der Waals surface area contributed by atoms with E-state index in [1.165, 1.54) is 0 Å². The number of nitrogens with zero attached hydrogens (tertiary/aromatic N) is 2. The third kappa shape index (κ3) is 7.75. The molecule has 1 atom stereocenters. The SMILES string of the molecule is CCNC(=NCc1csc(C(C)(C)C)n1)NCC(CO)c1ccccc1.I. The number of hydrogen-bond donors (Lipinski definition) is 3. The molecule has 0 amide bonds. The molecule has 5 nitrogen and oxygen atoms in total. The Morgan fingerprint density at radius 1 is 1.22 bits per heavy atom. The predicted molar refractivity (Wildman–Crippen MR) is 125 cm³/mol. The van der Waals surface area contributed by atoms with Crippen molar-refractivity contribution in [2.45, 2.75) is 45.6 Å². The number of aliphatic imine (C=N–C) groups is 1. The minimum absolute atomic E-state index is 0. The Hall–Kier alpha value is -1.19. The molecule has 0 saturated carbocycles. The van der Waals surface area contributed by atoms with Crippen molar-refractivity contribution in [1.82, 2.24) is 15.6 Å². The highest BCUT2D eigenvalue weighted by Crippen LogP contribution is 2.25.